The Balaban J connectivity index is 1.14. The number of pyridine rings is 1. The SMILES string of the molecule is C=C/C=C(/Cl)c1ccccc1-c1ncc2c(N3CC4CCC(C3)N4C(=O)OC(C)(C)C)nc(OC[C@@H]3[C@H](CC(C)(C)[Si](O)(c4ccccc4)c4ccccc4)CCN3C)nc2c1F. The van der Waals surface area contributed by atoms with Crippen molar-refractivity contribution < 1.29 is 23.5 Å². The highest BCUT2D eigenvalue weighted by molar-refractivity contribution is 6.98. The first-order valence-electron chi connectivity index (χ1n) is 22.0. The molecule has 330 valence electrons. The van der Waals surface area contributed by atoms with Crippen molar-refractivity contribution in [2.75, 3.05) is 38.2 Å². The summed E-state index contributed by atoms with van der Waals surface area (Å²) < 4.78 is 29.7. The fourth-order valence-electron chi connectivity index (χ4n) is 10.2. The lowest BCUT2D eigenvalue weighted by Gasteiger charge is -2.43. The van der Waals surface area contributed by atoms with Crippen molar-refractivity contribution in [3.05, 3.63) is 121 Å². The molecule has 10 nitrogen and oxygen atoms in total. The van der Waals surface area contributed by atoms with Crippen molar-refractivity contribution in [1.29, 1.82) is 0 Å². The van der Waals surface area contributed by atoms with Crippen molar-refractivity contribution in [2.24, 2.45) is 5.92 Å². The number of hydrogen-bond donors (Lipinski definition) is 1. The molecule has 13 heteroatoms. The number of ether oxygens (including phenoxy) is 2. The van der Waals surface area contributed by atoms with Crippen LogP contribution in [0.5, 0.6) is 6.01 Å². The second-order valence-electron chi connectivity index (χ2n) is 18.9. The van der Waals surface area contributed by atoms with Gasteiger partial charge in [0.15, 0.2) is 5.82 Å². The molecule has 3 aliphatic rings. The molecular formula is C50H58ClFN6O4Si. The Morgan fingerprint density at radius 1 is 0.937 bits per heavy atom. The molecule has 3 aromatic carbocycles. The topological polar surface area (TPSA) is 104 Å². The van der Waals surface area contributed by atoms with E-state index in [-0.39, 0.29) is 54.0 Å². The van der Waals surface area contributed by atoms with E-state index in [0.29, 0.717) is 40.5 Å². The van der Waals surface area contributed by atoms with Gasteiger partial charge in [-0.3, -0.25) is 14.8 Å². The van der Waals surface area contributed by atoms with Gasteiger partial charge in [-0.15, -0.1) is 0 Å². The van der Waals surface area contributed by atoms with Crippen molar-refractivity contribution in [3.8, 4) is 17.3 Å². The molecule has 2 unspecified atom stereocenters. The summed E-state index contributed by atoms with van der Waals surface area (Å²) in [5, 5.41) is 2.36. The first kappa shape index (κ1) is 44.5. The molecular weight excluding hydrogens is 831 g/mol. The number of fused-ring (bicyclic) bond motifs is 3. The first-order valence-corrected chi connectivity index (χ1v) is 24.3. The Kier molecular flexibility index (Phi) is 12.6. The van der Waals surface area contributed by atoms with E-state index in [0.717, 1.165) is 42.6 Å². The van der Waals surface area contributed by atoms with E-state index in [1.54, 1.807) is 24.4 Å². The maximum atomic E-state index is 17.2. The lowest BCUT2D eigenvalue weighted by Crippen LogP contribution is -2.65. The van der Waals surface area contributed by atoms with E-state index in [1.165, 1.54) is 0 Å². The zero-order valence-corrected chi connectivity index (χ0v) is 38.9. The molecule has 1 amide bonds. The van der Waals surface area contributed by atoms with Gasteiger partial charge in [0, 0.05) is 41.5 Å². The first-order chi connectivity index (χ1) is 30.1. The van der Waals surface area contributed by atoms with E-state index in [9.17, 15) is 9.59 Å². The van der Waals surface area contributed by atoms with Gasteiger partial charge in [-0.05, 0) is 87.5 Å². The number of rotatable bonds is 12. The third kappa shape index (κ3) is 8.75. The van der Waals surface area contributed by atoms with Crippen LogP contribution in [0, 0.1) is 11.7 Å². The number of piperazine rings is 1. The highest BCUT2D eigenvalue weighted by Crippen LogP contribution is 2.45. The lowest BCUT2D eigenvalue weighted by molar-refractivity contribution is 0.0122. The van der Waals surface area contributed by atoms with Crippen LogP contribution in [0.3, 0.4) is 0 Å². The number of benzene rings is 3. The van der Waals surface area contributed by atoms with E-state index in [2.05, 4.69) is 66.5 Å². The monoisotopic (exact) mass is 888 g/mol. The number of anilines is 1. The molecule has 0 radical (unpaired) electrons. The molecule has 2 bridgehead atoms. The highest BCUT2D eigenvalue weighted by atomic mass is 35.5. The van der Waals surface area contributed by atoms with Crippen LogP contribution >= 0.6 is 11.6 Å². The van der Waals surface area contributed by atoms with Gasteiger partial charge in [-0.2, -0.15) is 9.97 Å². The summed E-state index contributed by atoms with van der Waals surface area (Å²) in [6.07, 6.45) is 7.89. The number of carbonyl (C=O) groups excluding carboxylic acids is 1. The minimum atomic E-state index is -3.26. The number of likely N-dealkylation sites (N-methyl/N-ethyl adjacent to an activating group) is 1. The Labute approximate surface area is 376 Å². The smallest absolute Gasteiger partial charge is 0.410 e. The number of hydrogen-bond acceptors (Lipinski definition) is 9. The predicted molar refractivity (Wildman–Crippen MR) is 253 cm³/mol. The molecule has 0 saturated carbocycles. The number of aromatic nitrogens is 3. The number of carbonyl (C=O) groups is 1. The number of likely N-dealkylation sites (tertiary alicyclic amines) is 1. The summed E-state index contributed by atoms with van der Waals surface area (Å²) in [4.78, 5) is 47.2. The molecule has 5 aromatic rings. The molecule has 2 aromatic heterocycles. The van der Waals surface area contributed by atoms with Gasteiger partial charge in [0.2, 0.25) is 0 Å². The van der Waals surface area contributed by atoms with Crippen LogP contribution in [-0.4, -0.2) is 101 Å². The summed E-state index contributed by atoms with van der Waals surface area (Å²) in [5.41, 5.74) is 0.686. The molecule has 3 fully saturated rings. The fraction of sp³-hybridized carbons (Fsp3) is 0.400. The zero-order chi connectivity index (χ0) is 44.7. The molecule has 0 spiro atoms. The third-order valence-corrected chi connectivity index (χ3v) is 18.0. The van der Waals surface area contributed by atoms with Gasteiger partial charge in [-0.1, -0.05) is 123 Å². The van der Waals surface area contributed by atoms with Crippen LogP contribution in [0.2, 0.25) is 5.04 Å². The van der Waals surface area contributed by atoms with E-state index in [4.69, 9.17) is 31.0 Å². The summed E-state index contributed by atoms with van der Waals surface area (Å²) >= 11 is 6.68. The van der Waals surface area contributed by atoms with E-state index in [1.807, 2.05) is 80.3 Å². The van der Waals surface area contributed by atoms with Crippen molar-refractivity contribution in [1.82, 2.24) is 24.8 Å². The minimum absolute atomic E-state index is 0.0199. The number of allylic oxidation sites excluding steroid dienone is 2. The molecule has 4 atom stereocenters. The standard InChI is InChI=1S/C50H58ClFN6O4Si/c1-8-17-41(51)38-22-15-16-23-39(38)44-43(52)45-40(29-53-44)46(57-30-34-24-25-35(31-57)58(34)48(59)62-49(2,3)4)55-47(54-45)61-32-42-33(26-27-56(42)7)28-50(5,6)63(60,36-18-11-9-12-19-36)37-20-13-10-14-21-37/h8-23,29,33-35,42,60H,1,24-28,30-32H2,2-7H3/b41-17+/t33-,34?,35?,42+/m0/s1. The zero-order valence-electron chi connectivity index (χ0n) is 37.1. The van der Waals surface area contributed by atoms with Gasteiger partial charge in [-0.25, -0.2) is 9.18 Å². The quantitative estimate of drug-likeness (QED) is 0.0973. The number of halogens is 2. The van der Waals surface area contributed by atoms with Crippen LogP contribution in [0.15, 0.2) is 110 Å². The Bertz CT molecular complexity index is 2450. The summed E-state index contributed by atoms with van der Waals surface area (Å²) in [7, 11) is -1.16. The van der Waals surface area contributed by atoms with Crippen molar-refractivity contribution in [3.63, 3.8) is 0 Å². The second kappa shape index (κ2) is 17.8. The molecule has 8 rings (SSSR count). The Morgan fingerprint density at radius 2 is 1.56 bits per heavy atom. The number of nitrogens with zero attached hydrogens (tertiary/aromatic N) is 6. The van der Waals surface area contributed by atoms with Crippen LogP contribution < -0.4 is 20.0 Å². The van der Waals surface area contributed by atoms with Crippen LogP contribution in [0.1, 0.15) is 65.9 Å². The summed E-state index contributed by atoms with van der Waals surface area (Å²) in [6, 6.07) is 27.3. The maximum Gasteiger partial charge on any atom is 0.410 e. The van der Waals surface area contributed by atoms with Crippen molar-refractivity contribution in [2.45, 2.75) is 89.1 Å². The maximum absolute atomic E-state index is 17.2. The molecule has 5 heterocycles. The van der Waals surface area contributed by atoms with Gasteiger partial charge < -0.3 is 19.2 Å². The molecule has 3 aliphatic heterocycles. The van der Waals surface area contributed by atoms with Crippen LogP contribution in [0.4, 0.5) is 15.0 Å². The minimum Gasteiger partial charge on any atom is -0.462 e. The van der Waals surface area contributed by atoms with Gasteiger partial charge >= 0.3 is 12.1 Å². The predicted octanol–water partition coefficient (Wildman–Crippen LogP) is 8.81. The highest BCUT2D eigenvalue weighted by Gasteiger charge is 2.52. The van der Waals surface area contributed by atoms with Gasteiger partial charge in [0.05, 0.1) is 17.5 Å². The Morgan fingerprint density at radius 3 is 2.17 bits per heavy atom. The van der Waals surface area contributed by atoms with E-state index < -0.39 is 24.8 Å². The van der Waals surface area contributed by atoms with Crippen LogP contribution in [-0.2, 0) is 4.74 Å². The third-order valence-electron chi connectivity index (χ3n) is 13.2. The second-order valence-corrected chi connectivity index (χ2v) is 23.3. The summed E-state index contributed by atoms with van der Waals surface area (Å²) in [6.45, 7) is 15.9. The van der Waals surface area contributed by atoms with Crippen LogP contribution in [0.25, 0.3) is 27.2 Å². The van der Waals surface area contributed by atoms with Crippen molar-refractivity contribution >= 4 is 58.1 Å². The Hall–Kier alpha value is -5.14. The molecule has 1 N–H and O–H groups in total. The largest absolute Gasteiger partial charge is 0.462 e. The summed E-state index contributed by atoms with van der Waals surface area (Å²) in [5.74, 6) is 0.0757. The molecule has 3 saturated heterocycles. The molecule has 0 aliphatic carbocycles. The normalized spacial score (nSPS) is 20.9. The molecule has 63 heavy (non-hydrogen) atoms. The fourth-order valence-corrected chi connectivity index (χ4v) is 14.2. The van der Waals surface area contributed by atoms with Gasteiger partial charge in [0.1, 0.15) is 29.2 Å². The van der Waals surface area contributed by atoms with Gasteiger partial charge in [0.25, 0.3) is 8.32 Å². The number of amides is 1. The lowest BCUT2D eigenvalue weighted by atomic mass is 9.90. The van der Waals surface area contributed by atoms with E-state index >= 15 is 4.39 Å². The average Bonchev–Trinajstić information content (AvgIpc) is 3.75. The average molecular weight is 890 g/mol.